The van der Waals surface area contributed by atoms with Crippen LogP contribution in [0.2, 0.25) is 0 Å². The van der Waals surface area contributed by atoms with Crippen molar-refractivity contribution in [3.63, 3.8) is 0 Å². The maximum atomic E-state index is 11.7. The van der Waals surface area contributed by atoms with Crippen molar-refractivity contribution in [1.29, 1.82) is 0 Å². The number of halogens is 1. The Morgan fingerprint density at radius 1 is 1.30 bits per heavy atom. The second-order valence-corrected chi connectivity index (χ2v) is 5.12. The van der Waals surface area contributed by atoms with E-state index in [0.29, 0.717) is 18.9 Å². The van der Waals surface area contributed by atoms with Crippen LogP contribution >= 0.6 is 24.0 Å². The molecule has 0 saturated carbocycles. The minimum atomic E-state index is 0. The summed E-state index contributed by atoms with van der Waals surface area (Å²) in [5.41, 5.74) is 1.04. The molecule has 0 aliphatic carbocycles. The van der Waals surface area contributed by atoms with Gasteiger partial charge in [-0.15, -0.1) is 24.0 Å². The molecule has 7 heteroatoms. The molecule has 3 N–H and O–H groups in total. The zero-order chi connectivity index (χ0) is 16.2. The predicted molar refractivity (Wildman–Crippen MR) is 105 cm³/mol. The van der Waals surface area contributed by atoms with Crippen LogP contribution in [0, 0.1) is 0 Å². The van der Waals surface area contributed by atoms with Crippen molar-refractivity contribution in [2.24, 2.45) is 4.99 Å². The lowest BCUT2D eigenvalue weighted by Gasteiger charge is -2.13. The van der Waals surface area contributed by atoms with Gasteiger partial charge in [-0.05, 0) is 25.5 Å². The summed E-state index contributed by atoms with van der Waals surface area (Å²) in [6.07, 6.45) is 4.00. The third kappa shape index (κ3) is 10.1. The summed E-state index contributed by atoms with van der Waals surface area (Å²) in [5, 5.41) is 9.28. The first kappa shape index (κ1) is 21.6. The Bertz CT molecular complexity index is 467. The molecule has 1 heterocycles. The number of carbonyl (C=O) groups excluding carboxylic acids is 1. The van der Waals surface area contributed by atoms with Gasteiger partial charge >= 0.3 is 0 Å². The number of guanidine groups is 1. The maximum Gasteiger partial charge on any atom is 0.221 e. The molecule has 1 unspecified atom stereocenters. The Kier molecular flexibility index (Phi) is 12.3. The van der Waals surface area contributed by atoms with E-state index in [9.17, 15) is 4.79 Å². The van der Waals surface area contributed by atoms with E-state index in [1.54, 1.807) is 13.2 Å². The quantitative estimate of drug-likeness (QED) is 0.332. The van der Waals surface area contributed by atoms with Gasteiger partial charge in [0.25, 0.3) is 0 Å². The van der Waals surface area contributed by atoms with E-state index in [-0.39, 0.29) is 35.9 Å². The van der Waals surface area contributed by atoms with E-state index in [1.165, 1.54) is 0 Å². The summed E-state index contributed by atoms with van der Waals surface area (Å²) < 4.78 is 0. The number of aliphatic imine (C=N–C) groups is 1. The SMILES string of the molecule is CCC(C)NC(=O)CCNC(=NC)NCCc1ccccn1.I. The number of carbonyl (C=O) groups is 1. The lowest BCUT2D eigenvalue weighted by atomic mass is 10.2. The Morgan fingerprint density at radius 2 is 2.04 bits per heavy atom. The average molecular weight is 433 g/mol. The third-order valence-corrected chi connectivity index (χ3v) is 3.29. The number of amides is 1. The highest BCUT2D eigenvalue weighted by Gasteiger charge is 2.05. The largest absolute Gasteiger partial charge is 0.356 e. The van der Waals surface area contributed by atoms with Gasteiger partial charge in [0.2, 0.25) is 5.91 Å². The molecule has 0 aromatic carbocycles. The van der Waals surface area contributed by atoms with Gasteiger partial charge in [-0.1, -0.05) is 13.0 Å². The number of aromatic nitrogens is 1. The van der Waals surface area contributed by atoms with Crippen molar-refractivity contribution in [3.05, 3.63) is 30.1 Å². The number of nitrogens with zero attached hydrogens (tertiary/aromatic N) is 2. The number of nitrogens with one attached hydrogen (secondary N) is 3. The molecule has 23 heavy (non-hydrogen) atoms. The zero-order valence-electron chi connectivity index (χ0n) is 14.1. The minimum Gasteiger partial charge on any atom is -0.356 e. The molecule has 130 valence electrons. The molecule has 1 atom stereocenters. The Morgan fingerprint density at radius 3 is 2.65 bits per heavy atom. The van der Waals surface area contributed by atoms with E-state index < -0.39 is 0 Å². The lowest BCUT2D eigenvalue weighted by molar-refractivity contribution is -0.121. The van der Waals surface area contributed by atoms with Gasteiger partial charge in [0.15, 0.2) is 5.96 Å². The third-order valence-electron chi connectivity index (χ3n) is 3.29. The number of hydrogen-bond acceptors (Lipinski definition) is 3. The number of pyridine rings is 1. The second kappa shape index (κ2) is 13.1. The fourth-order valence-corrected chi connectivity index (χ4v) is 1.82. The van der Waals surface area contributed by atoms with Crippen LogP contribution in [0.25, 0.3) is 0 Å². The molecular formula is C16H28IN5O. The van der Waals surface area contributed by atoms with E-state index in [0.717, 1.165) is 25.1 Å². The monoisotopic (exact) mass is 433 g/mol. The molecule has 0 aliphatic rings. The minimum absolute atomic E-state index is 0. The van der Waals surface area contributed by atoms with E-state index in [2.05, 4.69) is 32.9 Å². The van der Waals surface area contributed by atoms with Crippen molar-refractivity contribution < 1.29 is 4.79 Å². The topological polar surface area (TPSA) is 78.4 Å². The summed E-state index contributed by atoms with van der Waals surface area (Å²) in [5.74, 6) is 0.762. The highest BCUT2D eigenvalue weighted by molar-refractivity contribution is 14.0. The summed E-state index contributed by atoms with van der Waals surface area (Å²) in [4.78, 5) is 20.1. The van der Waals surface area contributed by atoms with Crippen molar-refractivity contribution in [3.8, 4) is 0 Å². The van der Waals surface area contributed by atoms with Crippen molar-refractivity contribution >= 4 is 35.8 Å². The number of hydrogen-bond donors (Lipinski definition) is 3. The van der Waals surface area contributed by atoms with Crippen LogP contribution in [0.5, 0.6) is 0 Å². The molecule has 1 rings (SSSR count). The molecule has 0 spiro atoms. The standard InChI is InChI=1S/C16H27N5O.HI/c1-4-13(2)21-15(22)9-12-20-16(17-3)19-11-8-14-7-5-6-10-18-14;/h5-7,10,13H,4,8-9,11-12H2,1-3H3,(H,21,22)(H2,17,19,20);1H. The van der Waals surface area contributed by atoms with Crippen LogP contribution in [0.4, 0.5) is 0 Å². The maximum absolute atomic E-state index is 11.7. The first-order valence-corrected chi connectivity index (χ1v) is 7.79. The molecular weight excluding hydrogens is 405 g/mol. The van der Waals surface area contributed by atoms with E-state index >= 15 is 0 Å². The molecule has 1 aromatic rings. The normalized spacial score (nSPS) is 12.0. The molecule has 1 amide bonds. The zero-order valence-corrected chi connectivity index (χ0v) is 16.5. The van der Waals surface area contributed by atoms with Crippen LogP contribution in [-0.2, 0) is 11.2 Å². The van der Waals surface area contributed by atoms with Crippen LogP contribution in [-0.4, -0.2) is 43.0 Å². The van der Waals surface area contributed by atoms with Crippen LogP contribution < -0.4 is 16.0 Å². The molecule has 0 saturated heterocycles. The smallest absolute Gasteiger partial charge is 0.221 e. The summed E-state index contributed by atoms with van der Waals surface area (Å²) in [7, 11) is 1.72. The van der Waals surface area contributed by atoms with Gasteiger partial charge in [-0.3, -0.25) is 14.8 Å². The van der Waals surface area contributed by atoms with Gasteiger partial charge in [0.1, 0.15) is 0 Å². The molecule has 6 nitrogen and oxygen atoms in total. The van der Waals surface area contributed by atoms with Crippen molar-refractivity contribution in [1.82, 2.24) is 20.9 Å². The Labute approximate surface area is 156 Å². The Balaban J connectivity index is 0.00000484. The predicted octanol–water partition coefficient (Wildman–Crippen LogP) is 1.71. The molecule has 0 bridgehead atoms. The first-order valence-electron chi connectivity index (χ1n) is 7.79. The van der Waals surface area contributed by atoms with Crippen molar-refractivity contribution in [2.75, 3.05) is 20.1 Å². The molecule has 0 fully saturated rings. The first-order chi connectivity index (χ1) is 10.7. The van der Waals surface area contributed by atoms with Crippen LogP contribution in [0.1, 0.15) is 32.4 Å². The van der Waals surface area contributed by atoms with Crippen LogP contribution in [0.3, 0.4) is 0 Å². The highest BCUT2D eigenvalue weighted by Crippen LogP contribution is 1.93. The lowest BCUT2D eigenvalue weighted by Crippen LogP contribution is -2.41. The highest BCUT2D eigenvalue weighted by atomic mass is 127. The molecule has 1 aromatic heterocycles. The van der Waals surface area contributed by atoms with Gasteiger partial charge in [0, 0.05) is 50.9 Å². The number of rotatable bonds is 8. The van der Waals surface area contributed by atoms with Gasteiger partial charge < -0.3 is 16.0 Å². The van der Waals surface area contributed by atoms with E-state index in [4.69, 9.17) is 0 Å². The average Bonchev–Trinajstić information content (AvgIpc) is 2.54. The summed E-state index contributed by atoms with van der Waals surface area (Å²) in [6, 6.07) is 6.10. The molecule has 0 aliphatic heterocycles. The second-order valence-electron chi connectivity index (χ2n) is 5.12. The van der Waals surface area contributed by atoms with Gasteiger partial charge in [-0.2, -0.15) is 0 Å². The van der Waals surface area contributed by atoms with Crippen LogP contribution in [0.15, 0.2) is 29.4 Å². The Hall–Kier alpha value is -1.38. The van der Waals surface area contributed by atoms with Gasteiger partial charge in [-0.25, -0.2) is 0 Å². The van der Waals surface area contributed by atoms with E-state index in [1.807, 2.05) is 25.1 Å². The van der Waals surface area contributed by atoms with Gasteiger partial charge in [0.05, 0.1) is 0 Å². The summed E-state index contributed by atoms with van der Waals surface area (Å²) in [6.45, 7) is 5.36. The molecule has 0 radical (unpaired) electrons. The summed E-state index contributed by atoms with van der Waals surface area (Å²) >= 11 is 0. The fraction of sp³-hybridized carbons (Fsp3) is 0.562. The fourth-order valence-electron chi connectivity index (χ4n) is 1.82. The van der Waals surface area contributed by atoms with Crippen molar-refractivity contribution in [2.45, 2.75) is 39.2 Å².